The van der Waals surface area contributed by atoms with Crippen LogP contribution in [-0.2, 0) is 18.9 Å². The van der Waals surface area contributed by atoms with Gasteiger partial charge in [-0.05, 0) is 23.8 Å². The van der Waals surface area contributed by atoms with Gasteiger partial charge in [0.1, 0.15) is 5.82 Å². The molecule has 0 radical (unpaired) electrons. The van der Waals surface area contributed by atoms with Crippen LogP contribution >= 0.6 is 0 Å². The zero-order chi connectivity index (χ0) is 21.4. The minimum atomic E-state index is -4.97. The third kappa shape index (κ3) is 4.58. The van der Waals surface area contributed by atoms with Crippen LogP contribution in [0.1, 0.15) is 27.2 Å². The number of imidazole rings is 1. The van der Waals surface area contributed by atoms with E-state index >= 15 is 0 Å². The van der Waals surface area contributed by atoms with Crippen molar-refractivity contribution in [2.75, 3.05) is 0 Å². The van der Waals surface area contributed by atoms with Gasteiger partial charge in [0.15, 0.2) is 5.69 Å². The average Bonchev–Trinajstić information content (AvgIpc) is 3.05. The molecule has 0 unspecified atom stereocenters. The van der Waals surface area contributed by atoms with E-state index in [9.17, 15) is 31.1 Å². The molecule has 29 heavy (non-hydrogen) atoms. The lowest BCUT2D eigenvalue weighted by atomic mass is 10.0. The fourth-order valence-corrected chi connectivity index (χ4v) is 2.76. The second-order valence-corrected chi connectivity index (χ2v) is 6.16. The molecule has 2 aromatic carbocycles. The maximum atomic E-state index is 13.1. The van der Waals surface area contributed by atoms with Gasteiger partial charge in [0.25, 0.3) is 0 Å². The lowest BCUT2D eigenvalue weighted by Crippen LogP contribution is -2.13. The Morgan fingerprint density at radius 2 is 1.48 bits per heavy atom. The summed E-state index contributed by atoms with van der Waals surface area (Å²) in [6.45, 7) is -0.433. The number of nitrogens with zero attached hydrogens (tertiary/aromatic N) is 2. The van der Waals surface area contributed by atoms with Crippen molar-refractivity contribution in [2.45, 2.75) is 18.9 Å². The number of carboxylic acid groups (broad SMARTS) is 1. The Morgan fingerprint density at radius 3 is 1.97 bits per heavy atom. The standard InChI is InChI=1S/C19H12F6N2O2/c20-18(21,22)13-6-11(7-14(8-13)19(23,24)25)9-27-10-15(17(28)29)26-16(27)12-4-2-1-3-5-12/h1-8,10H,9H2,(H,28,29). The quantitative estimate of drug-likeness (QED) is 0.587. The molecule has 0 bridgehead atoms. The van der Waals surface area contributed by atoms with Gasteiger partial charge >= 0.3 is 18.3 Å². The van der Waals surface area contributed by atoms with Gasteiger partial charge in [0.05, 0.1) is 11.1 Å². The summed E-state index contributed by atoms with van der Waals surface area (Å²) in [6.07, 6.45) is -8.88. The number of aromatic nitrogens is 2. The van der Waals surface area contributed by atoms with Crippen LogP contribution in [0.15, 0.2) is 54.7 Å². The van der Waals surface area contributed by atoms with Crippen LogP contribution < -0.4 is 0 Å². The van der Waals surface area contributed by atoms with E-state index in [0.29, 0.717) is 17.7 Å². The highest BCUT2D eigenvalue weighted by Gasteiger charge is 2.37. The summed E-state index contributed by atoms with van der Waals surface area (Å²) in [6, 6.07) is 9.40. The Labute approximate surface area is 160 Å². The average molecular weight is 414 g/mol. The van der Waals surface area contributed by atoms with Crippen LogP contribution in [0.4, 0.5) is 26.3 Å². The molecule has 1 N–H and O–H groups in total. The lowest BCUT2D eigenvalue weighted by Gasteiger charge is -2.15. The number of benzene rings is 2. The number of hydrogen-bond acceptors (Lipinski definition) is 2. The van der Waals surface area contributed by atoms with E-state index in [0.717, 1.165) is 6.20 Å². The van der Waals surface area contributed by atoms with Gasteiger partial charge in [0.2, 0.25) is 0 Å². The number of alkyl halides is 6. The zero-order valence-corrected chi connectivity index (χ0v) is 14.4. The van der Waals surface area contributed by atoms with E-state index in [4.69, 9.17) is 5.11 Å². The van der Waals surface area contributed by atoms with E-state index < -0.39 is 36.0 Å². The summed E-state index contributed by atoms with van der Waals surface area (Å²) in [4.78, 5) is 15.2. The van der Waals surface area contributed by atoms with Crippen molar-refractivity contribution in [1.82, 2.24) is 9.55 Å². The van der Waals surface area contributed by atoms with Crippen LogP contribution in [0.3, 0.4) is 0 Å². The Hall–Kier alpha value is -3.30. The minimum Gasteiger partial charge on any atom is -0.476 e. The molecule has 0 saturated carbocycles. The lowest BCUT2D eigenvalue weighted by molar-refractivity contribution is -0.143. The molecule has 0 spiro atoms. The van der Waals surface area contributed by atoms with Gasteiger partial charge < -0.3 is 9.67 Å². The summed E-state index contributed by atoms with van der Waals surface area (Å²) < 4.78 is 79.6. The van der Waals surface area contributed by atoms with Gasteiger partial charge in [-0.15, -0.1) is 0 Å². The highest BCUT2D eigenvalue weighted by Crippen LogP contribution is 2.36. The molecule has 1 aromatic heterocycles. The molecule has 0 atom stereocenters. The van der Waals surface area contributed by atoms with E-state index in [1.807, 2.05) is 0 Å². The first kappa shape index (κ1) is 20.4. The number of aromatic carboxylic acids is 1. The predicted octanol–water partition coefficient (Wildman–Crippen LogP) is 5.33. The Bertz CT molecular complexity index is 1010. The highest BCUT2D eigenvalue weighted by atomic mass is 19.4. The van der Waals surface area contributed by atoms with Crippen molar-refractivity contribution < 1.29 is 36.2 Å². The molecular weight excluding hydrogens is 402 g/mol. The number of halogens is 6. The van der Waals surface area contributed by atoms with Crippen molar-refractivity contribution in [3.63, 3.8) is 0 Å². The highest BCUT2D eigenvalue weighted by molar-refractivity contribution is 5.86. The SMILES string of the molecule is O=C(O)c1cn(Cc2cc(C(F)(F)F)cc(C(F)(F)F)c2)c(-c2ccccc2)n1. The molecule has 0 fully saturated rings. The smallest absolute Gasteiger partial charge is 0.416 e. The zero-order valence-electron chi connectivity index (χ0n) is 14.4. The fraction of sp³-hybridized carbons (Fsp3) is 0.158. The monoisotopic (exact) mass is 414 g/mol. The third-order valence-electron chi connectivity index (χ3n) is 4.03. The van der Waals surface area contributed by atoms with Crippen molar-refractivity contribution in [2.24, 2.45) is 0 Å². The molecule has 10 heteroatoms. The van der Waals surface area contributed by atoms with Crippen molar-refractivity contribution in [3.8, 4) is 11.4 Å². The number of rotatable bonds is 4. The van der Waals surface area contributed by atoms with Gasteiger partial charge in [-0.3, -0.25) is 0 Å². The van der Waals surface area contributed by atoms with Crippen LogP contribution in [-0.4, -0.2) is 20.6 Å². The van der Waals surface area contributed by atoms with E-state index in [1.54, 1.807) is 30.3 Å². The Kier molecular flexibility index (Phi) is 5.12. The molecule has 0 aliphatic rings. The third-order valence-corrected chi connectivity index (χ3v) is 4.03. The minimum absolute atomic E-state index is 0.0399. The van der Waals surface area contributed by atoms with Gasteiger partial charge in [-0.1, -0.05) is 30.3 Å². The van der Waals surface area contributed by atoms with E-state index in [2.05, 4.69) is 4.98 Å². The van der Waals surface area contributed by atoms with Crippen LogP contribution in [0.2, 0.25) is 0 Å². The van der Waals surface area contributed by atoms with Crippen molar-refractivity contribution in [1.29, 1.82) is 0 Å². The summed E-state index contributed by atoms with van der Waals surface area (Å²) in [5.74, 6) is -1.27. The van der Waals surface area contributed by atoms with Gasteiger partial charge in [0, 0.05) is 18.3 Å². The van der Waals surface area contributed by atoms with Crippen LogP contribution in [0, 0.1) is 0 Å². The first-order chi connectivity index (χ1) is 13.4. The molecule has 0 aliphatic carbocycles. The molecule has 4 nitrogen and oxygen atoms in total. The molecule has 3 rings (SSSR count). The largest absolute Gasteiger partial charge is 0.476 e. The normalized spacial score (nSPS) is 12.2. The first-order valence-corrected chi connectivity index (χ1v) is 8.09. The summed E-state index contributed by atoms with van der Waals surface area (Å²) in [7, 11) is 0. The predicted molar refractivity (Wildman–Crippen MR) is 90.2 cm³/mol. The molecule has 152 valence electrons. The van der Waals surface area contributed by atoms with Crippen molar-refractivity contribution in [3.05, 3.63) is 77.1 Å². The summed E-state index contributed by atoms with van der Waals surface area (Å²) >= 11 is 0. The number of carboxylic acids is 1. The van der Waals surface area contributed by atoms with Gasteiger partial charge in [-0.25, -0.2) is 9.78 Å². The van der Waals surface area contributed by atoms with Crippen LogP contribution in [0.25, 0.3) is 11.4 Å². The van der Waals surface area contributed by atoms with Crippen LogP contribution in [0.5, 0.6) is 0 Å². The molecular formula is C19H12F6N2O2. The summed E-state index contributed by atoms with van der Waals surface area (Å²) in [5.41, 5.74) is -3.10. The van der Waals surface area contributed by atoms with E-state index in [1.165, 1.54) is 4.57 Å². The number of hydrogen-bond donors (Lipinski definition) is 1. The maximum Gasteiger partial charge on any atom is 0.416 e. The molecule has 0 amide bonds. The Morgan fingerprint density at radius 1 is 0.931 bits per heavy atom. The van der Waals surface area contributed by atoms with E-state index in [-0.39, 0.29) is 23.1 Å². The fourth-order valence-electron chi connectivity index (χ4n) is 2.76. The first-order valence-electron chi connectivity index (χ1n) is 8.09. The molecule has 1 heterocycles. The molecule has 0 saturated heterocycles. The second-order valence-electron chi connectivity index (χ2n) is 6.16. The van der Waals surface area contributed by atoms with Gasteiger partial charge in [-0.2, -0.15) is 26.3 Å². The topological polar surface area (TPSA) is 55.1 Å². The molecule has 3 aromatic rings. The number of carbonyl (C=O) groups is 1. The summed E-state index contributed by atoms with van der Waals surface area (Å²) in [5, 5.41) is 9.16. The Balaban J connectivity index is 2.11. The second kappa shape index (κ2) is 7.26. The maximum absolute atomic E-state index is 13.1. The van der Waals surface area contributed by atoms with Crippen molar-refractivity contribution >= 4 is 5.97 Å². The molecule has 0 aliphatic heterocycles.